The normalized spacial score (nSPS) is 12.6. The van der Waals surface area contributed by atoms with E-state index in [1.807, 2.05) is 11.5 Å². The Labute approximate surface area is 115 Å². The standard InChI is InChI=1S/C12H16N4S2/c1-3-16-9-5-4-8(7(2)15-11(13)17)6-10(9)18-12(16)14/h4-7,14H,3H2,1-2H3,(H3,13,15,17). The molecule has 0 saturated heterocycles. The highest BCUT2D eigenvalue weighted by Crippen LogP contribution is 2.22. The molecular weight excluding hydrogens is 264 g/mol. The zero-order valence-corrected chi connectivity index (χ0v) is 12.0. The van der Waals surface area contributed by atoms with Crippen molar-refractivity contribution in [2.45, 2.75) is 26.4 Å². The molecule has 96 valence electrons. The highest BCUT2D eigenvalue weighted by Gasteiger charge is 2.09. The van der Waals surface area contributed by atoms with E-state index in [2.05, 4.69) is 30.4 Å². The van der Waals surface area contributed by atoms with Crippen LogP contribution < -0.4 is 15.9 Å². The van der Waals surface area contributed by atoms with Crippen LogP contribution in [0.15, 0.2) is 18.2 Å². The molecule has 6 heteroatoms. The second kappa shape index (κ2) is 5.07. The number of thiocarbonyl (C=S) groups is 1. The molecule has 4 nitrogen and oxygen atoms in total. The fraction of sp³-hybridized carbons (Fsp3) is 0.333. The Morgan fingerprint density at radius 1 is 1.61 bits per heavy atom. The molecule has 0 fully saturated rings. The van der Waals surface area contributed by atoms with Crippen LogP contribution in [0.5, 0.6) is 0 Å². The summed E-state index contributed by atoms with van der Waals surface area (Å²) in [7, 11) is 0. The molecule has 2 aromatic rings. The number of nitrogens with two attached hydrogens (primary N) is 1. The minimum Gasteiger partial charge on any atom is -0.376 e. The van der Waals surface area contributed by atoms with E-state index in [9.17, 15) is 0 Å². The summed E-state index contributed by atoms with van der Waals surface area (Å²) >= 11 is 6.34. The average molecular weight is 280 g/mol. The molecule has 0 bridgehead atoms. The number of benzene rings is 1. The first-order chi connectivity index (χ1) is 8.52. The summed E-state index contributed by atoms with van der Waals surface area (Å²) in [4.78, 5) is 0.583. The lowest BCUT2D eigenvalue weighted by Gasteiger charge is -2.14. The van der Waals surface area contributed by atoms with Gasteiger partial charge < -0.3 is 15.6 Å². The molecule has 1 atom stereocenters. The fourth-order valence-electron chi connectivity index (χ4n) is 1.98. The van der Waals surface area contributed by atoms with Gasteiger partial charge in [0.25, 0.3) is 0 Å². The largest absolute Gasteiger partial charge is 0.376 e. The third-order valence-electron chi connectivity index (χ3n) is 2.90. The van der Waals surface area contributed by atoms with Gasteiger partial charge in [-0.05, 0) is 43.8 Å². The van der Waals surface area contributed by atoms with Crippen LogP contribution in [0.1, 0.15) is 25.5 Å². The SMILES string of the molecule is CCn1c(=N)sc2cc(C(C)NC(N)=S)ccc21. The maximum atomic E-state index is 7.92. The number of thiazole rings is 1. The molecule has 1 unspecified atom stereocenters. The predicted octanol–water partition coefficient (Wildman–Crippen LogP) is 2.10. The number of nitrogens with zero attached hydrogens (tertiary/aromatic N) is 1. The van der Waals surface area contributed by atoms with Crippen molar-refractivity contribution in [2.75, 3.05) is 0 Å². The summed E-state index contributed by atoms with van der Waals surface area (Å²) in [5.74, 6) is 0. The Kier molecular flexibility index (Phi) is 3.68. The van der Waals surface area contributed by atoms with E-state index < -0.39 is 0 Å². The first-order valence-electron chi connectivity index (χ1n) is 5.76. The van der Waals surface area contributed by atoms with Crippen molar-refractivity contribution in [1.29, 1.82) is 5.41 Å². The van der Waals surface area contributed by atoms with Crippen LogP contribution in [-0.4, -0.2) is 9.68 Å². The Hall–Kier alpha value is -1.40. The monoisotopic (exact) mass is 280 g/mol. The van der Waals surface area contributed by atoms with Crippen LogP contribution in [0.4, 0.5) is 0 Å². The van der Waals surface area contributed by atoms with Crippen LogP contribution in [0.3, 0.4) is 0 Å². The Balaban J connectivity index is 2.45. The van der Waals surface area contributed by atoms with Gasteiger partial charge in [-0.1, -0.05) is 17.4 Å². The van der Waals surface area contributed by atoms with Crippen molar-refractivity contribution in [3.8, 4) is 0 Å². The molecule has 18 heavy (non-hydrogen) atoms. The zero-order chi connectivity index (χ0) is 13.3. The summed E-state index contributed by atoms with van der Waals surface area (Å²) in [6.45, 7) is 4.89. The number of rotatable bonds is 3. The minimum absolute atomic E-state index is 0.0817. The van der Waals surface area contributed by atoms with Gasteiger partial charge in [-0.15, -0.1) is 0 Å². The van der Waals surface area contributed by atoms with Gasteiger partial charge in [0.05, 0.1) is 16.3 Å². The molecule has 0 aliphatic carbocycles. The van der Waals surface area contributed by atoms with E-state index in [-0.39, 0.29) is 6.04 Å². The maximum absolute atomic E-state index is 7.92. The van der Waals surface area contributed by atoms with Gasteiger partial charge in [0.2, 0.25) is 0 Å². The van der Waals surface area contributed by atoms with E-state index in [0.29, 0.717) is 9.91 Å². The van der Waals surface area contributed by atoms with Crippen molar-refractivity contribution >= 4 is 38.9 Å². The second-order valence-corrected chi connectivity index (χ2v) is 5.58. The van der Waals surface area contributed by atoms with Gasteiger partial charge >= 0.3 is 0 Å². The zero-order valence-electron chi connectivity index (χ0n) is 10.4. The summed E-state index contributed by atoms with van der Waals surface area (Å²) in [6, 6.07) is 6.29. The lowest BCUT2D eigenvalue weighted by molar-refractivity contribution is 0.720. The fourth-order valence-corrected chi connectivity index (χ4v) is 3.18. The highest BCUT2D eigenvalue weighted by molar-refractivity contribution is 7.80. The molecule has 1 aromatic carbocycles. The number of nitrogens with one attached hydrogen (secondary N) is 2. The maximum Gasteiger partial charge on any atom is 0.182 e. The minimum atomic E-state index is 0.0817. The van der Waals surface area contributed by atoms with Crippen LogP contribution in [0.2, 0.25) is 0 Å². The van der Waals surface area contributed by atoms with Crippen molar-refractivity contribution < 1.29 is 0 Å². The molecular formula is C12H16N4S2. The summed E-state index contributed by atoms with van der Waals surface area (Å²) in [5.41, 5.74) is 7.72. The molecule has 0 amide bonds. The smallest absolute Gasteiger partial charge is 0.182 e. The number of hydrogen-bond acceptors (Lipinski definition) is 3. The Morgan fingerprint density at radius 2 is 2.33 bits per heavy atom. The molecule has 2 rings (SSSR count). The number of hydrogen-bond donors (Lipinski definition) is 3. The summed E-state index contributed by atoms with van der Waals surface area (Å²) in [6.07, 6.45) is 0. The summed E-state index contributed by atoms with van der Waals surface area (Å²) < 4.78 is 3.12. The number of aromatic nitrogens is 1. The van der Waals surface area contributed by atoms with Crippen molar-refractivity contribution in [2.24, 2.45) is 5.73 Å². The van der Waals surface area contributed by atoms with Gasteiger partial charge in [0, 0.05) is 6.54 Å². The third kappa shape index (κ3) is 2.39. The molecule has 1 aromatic heterocycles. The topological polar surface area (TPSA) is 66.8 Å². The van der Waals surface area contributed by atoms with Crippen LogP contribution >= 0.6 is 23.6 Å². The number of fused-ring (bicyclic) bond motifs is 1. The predicted molar refractivity (Wildman–Crippen MR) is 79.7 cm³/mol. The number of aryl methyl sites for hydroxylation is 1. The quantitative estimate of drug-likeness (QED) is 0.754. The molecule has 0 radical (unpaired) electrons. The second-order valence-electron chi connectivity index (χ2n) is 4.11. The average Bonchev–Trinajstić information content (AvgIpc) is 2.62. The lowest BCUT2D eigenvalue weighted by atomic mass is 10.1. The van der Waals surface area contributed by atoms with Crippen LogP contribution in [0.25, 0.3) is 10.2 Å². The van der Waals surface area contributed by atoms with Gasteiger partial charge in [-0.3, -0.25) is 5.41 Å². The van der Waals surface area contributed by atoms with Crippen molar-refractivity contribution in [3.63, 3.8) is 0 Å². The van der Waals surface area contributed by atoms with Gasteiger partial charge in [-0.2, -0.15) is 0 Å². The third-order valence-corrected chi connectivity index (χ3v) is 3.98. The van der Waals surface area contributed by atoms with E-state index in [1.165, 1.54) is 11.3 Å². The van der Waals surface area contributed by atoms with E-state index in [0.717, 1.165) is 22.3 Å². The van der Waals surface area contributed by atoms with Crippen molar-refractivity contribution in [1.82, 2.24) is 9.88 Å². The molecule has 0 aliphatic rings. The molecule has 4 N–H and O–H groups in total. The first kappa shape index (κ1) is 13.0. The van der Waals surface area contributed by atoms with Crippen LogP contribution in [0, 0.1) is 5.41 Å². The Bertz CT molecular complexity index is 641. The summed E-state index contributed by atoms with van der Waals surface area (Å²) in [5, 5.41) is 11.2. The van der Waals surface area contributed by atoms with Gasteiger partial charge in [0.1, 0.15) is 0 Å². The van der Waals surface area contributed by atoms with Crippen LogP contribution in [-0.2, 0) is 6.54 Å². The van der Waals surface area contributed by atoms with Gasteiger partial charge in [0.15, 0.2) is 9.91 Å². The highest BCUT2D eigenvalue weighted by atomic mass is 32.1. The van der Waals surface area contributed by atoms with E-state index in [1.54, 1.807) is 0 Å². The Morgan fingerprint density at radius 3 is 2.94 bits per heavy atom. The van der Waals surface area contributed by atoms with E-state index in [4.69, 9.17) is 23.4 Å². The first-order valence-corrected chi connectivity index (χ1v) is 6.99. The lowest BCUT2D eigenvalue weighted by Crippen LogP contribution is -2.31. The molecule has 0 spiro atoms. The van der Waals surface area contributed by atoms with Crippen molar-refractivity contribution in [3.05, 3.63) is 28.6 Å². The molecule has 0 aliphatic heterocycles. The molecule has 0 saturated carbocycles. The molecule has 1 heterocycles. The van der Waals surface area contributed by atoms with Gasteiger partial charge in [-0.25, -0.2) is 0 Å². The van der Waals surface area contributed by atoms with E-state index >= 15 is 0 Å².